The number of pyridine rings is 1. The first-order chi connectivity index (χ1) is 38.9. The molecule has 0 fully saturated rings. The van der Waals surface area contributed by atoms with Gasteiger partial charge in [-0.15, -0.1) is 29.7 Å². The molecule has 0 saturated carbocycles. The van der Waals surface area contributed by atoms with Crippen LogP contribution in [0.3, 0.4) is 0 Å². The third kappa shape index (κ3) is 11.8. The van der Waals surface area contributed by atoms with Gasteiger partial charge in [-0.2, -0.15) is 18.2 Å². The minimum absolute atomic E-state index is 0. The van der Waals surface area contributed by atoms with Crippen molar-refractivity contribution in [3.05, 3.63) is 222 Å². The molecule has 0 radical (unpaired) electrons. The molecule has 8 aromatic carbocycles. The van der Waals surface area contributed by atoms with Gasteiger partial charge in [0.25, 0.3) is 6.33 Å². The van der Waals surface area contributed by atoms with E-state index in [1.54, 1.807) is 0 Å². The number of ether oxygens (including phenoxy) is 1. The molecule has 84 heavy (non-hydrogen) atoms. The van der Waals surface area contributed by atoms with Crippen LogP contribution in [0.4, 0.5) is 0 Å². The second-order valence-corrected chi connectivity index (χ2v) is 29.2. The maximum absolute atomic E-state index is 6.90. The van der Waals surface area contributed by atoms with Gasteiger partial charge in [-0.1, -0.05) is 239 Å². The van der Waals surface area contributed by atoms with Crippen molar-refractivity contribution < 1.29 is 30.4 Å². The minimum atomic E-state index is -0.155. The van der Waals surface area contributed by atoms with Gasteiger partial charge in [-0.3, -0.25) is 4.57 Å². The Labute approximate surface area is 515 Å². The fourth-order valence-electron chi connectivity index (χ4n) is 11.3. The van der Waals surface area contributed by atoms with E-state index in [-0.39, 0.29) is 53.6 Å². The van der Waals surface area contributed by atoms with Crippen molar-refractivity contribution in [3.63, 3.8) is 0 Å². The Bertz CT molecular complexity index is 4190. The number of hydrogen-bond donors (Lipinski definition) is 0. The Morgan fingerprint density at radius 2 is 0.929 bits per heavy atom. The van der Waals surface area contributed by atoms with Gasteiger partial charge in [0.15, 0.2) is 0 Å². The quantitative estimate of drug-likeness (QED) is 0.112. The predicted molar refractivity (Wildman–Crippen MR) is 348 cm³/mol. The van der Waals surface area contributed by atoms with Crippen LogP contribution in [0.5, 0.6) is 11.5 Å². The van der Waals surface area contributed by atoms with E-state index in [1.165, 1.54) is 38.9 Å². The van der Waals surface area contributed by atoms with Crippen LogP contribution in [0.25, 0.3) is 83.4 Å². The number of hydrogen-bond acceptors (Lipinski definition) is 2. The van der Waals surface area contributed by atoms with Crippen LogP contribution in [-0.2, 0) is 53.6 Å². The summed E-state index contributed by atoms with van der Waals surface area (Å²) in [5.41, 5.74) is 19.9. The van der Waals surface area contributed by atoms with E-state index in [2.05, 4.69) is 308 Å². The van der Waals surface area contributed by atoms with Crippen molar-refractivity contribution in [2.75, 3.05) is 0 Å². The van der Waals surface area contributed by atoms with E-state index in [4.69, 9.17) is 9.72 Å². The van der Waals surface area contributed by atoms with Gasteiger partial charge in [-0.25, -0.2) is 4.98 Å². The fourth-order valence-corrected chi connectivity index (χ4v) is 11.3. The number of fused-ring (bicyclic) bond motifs is 4. The van der Waals surface area contributed by atoms with Gasteiger partial charge in [0, 0.05) is 44.3 Å². The summed E-state index contributed by atoms with van der Waals surface area (Å²) in [6.45, 7) is 41.3. The molecule has 3 heterocycles. The molecule has 0 aliphatic heterocycles. The molecule has 0 unspecified atom stereocenters. The maximum Gasteiger partial charge on any atom is 0.268 e. The number of rotatable bonds is 8. The SMILES string of the molecule is CC(C)(C)c1cccc(-c2cc(C(C)(C)C)cc(-c3cccc(C(C)(C)C)c3)c2-[n+]2[c-]n(-c3[c-]c(Oc4[c-]c5c(cc4)c4ccccc4n5-c4cc(C(C)(C)C)ccn4)ccc3)c3cc(-c4cc(C(C)(C)C)cc(C(C)(C)C)c4)ccc32)c1.[Pt]. The van der Waals surface area contributed by atoms with Crippen molar-refractivity contribution in [3.8, 4) is 62.1 Å². The van der Waals surface area contributed by atoms with E-state index in [1.807, 2.05) is 18.3 Å². The smallest absolute Gasteiger partial charge is 0.268 e. The average Bonchev–Trinajstić information content (AvgIpc) is 1.91. The molecule has 0 aliphatic carbocycles. The second-order valence-electron chi connectivity index (χ2n) is 29.2. The first kappa shape index (κ1) is 59.8. The zero-order chi connectivity index (χ0) is 59.3. The minimum Gasteiger partial charge on any atom is -0.510 e. The summed E-state index contributed by atoms with van der Waals surface area (Å²) in [6, 6.07) is 67.9. The van der Waals surface area contributed by atoms with Crippen molar-refractivity contribution in [2.24, 2.45) is 0 Å². The van der Waals surface area contributed by atoms with Crippen LogP contribution < -0.4 is 9.30 Å². The van der Waals surface area contributed by atoms with Gasteiger partial charge >= 0.3 is 0 Å². The molecule has 0 spiro atoms. The van der Waals surface area contributed by atoms with Crippen molar-refractivity contribution >= 4 is 32.8 Å². The number of nitrogens with zero attached hydrogens (tertiary/aromatic N) is 4. The monoisotopic (exact) mass is 1290 g/mol. The Morgan fingerprint density at radius 3 is 1.51 bits per heavy atom. The zero-order valence-electron chi connectivity index (χ0n) is 52.7. The molecule has 0 saturated heterocycles. The first-order valence-electron chi connectivity index (χ1n) is 29.6. The zero-order valence-corrected chi connectivity index (χ0v) is 55.0. The van der Waals surface area contributed by atoms with Crippen LogP contribution in [0.2, 0.25) is 0 Å². The van der Waals surface area contributed by atoms with Crippen LogP contribution in [0, 0.1) is 18.5 Å². The average molecular weight is 1290 g/mol. The molecule has 0 aliphatic rings. The molecule has 11 rings (SSSR count). The van der Waals surface area contributed by atoms with Crippen molar-refractivity contribution in [1.82, 2.24) is 14.1 Å². The molecule has 11 aromatic rings. The van der Waals surface area contributed by atoms with Crippen LogP contribution in [0.15, 0.2) is 170 Å². The summed E-state index contributed by atoms with van der Waals surface area (Å²) in [5, 5.41) is 2.21. The number of aromatic nitrogens is 4. The Kier molecular flexibility index (Phi) is 15.4. The molecule has 432 valence electrons. The molecule has 0 atom stereocenters. The molecule has 3 aromatic heterocycles. The summed E-state index contributed by atoms with van der Waals surface area (Å²) in [7, 11) is 0. The first-order valence-corrected chi connectivity index (χ1v) is 29.6. The van der Waals surface area contributed by atoms with E-state index in [0.29, 0.717) is 11.5 Å². The summed E-state index contributed by atoms with van der Waals surface area (Å²) < 4.78 is 13.6. The van der Waals surface area contributed by atoms with Crippen molar-refractivity contribution in [1.29, 1.82) is 0 Å². The van der Waals surface area contributed by atoms with E-state index in [9.17, 15) is 0 Å². The standard InChI is InChI=1S/C78H82N4O.Pt/c1-73(2,3)54-26-21-24-51(38-54)65-44-59(78(16,17)18)45-66(52-25-22-27-55(39-52)74(4,5)6)72(65)81-49-80(70-42-50(32-35-68(70)81)53-40-57(76(10,11)12)43-58(41-53)77(13,14)15)60-28-23-29-61(47-60)83-62-33-34-64-63-30-19-20-31-67(63)82(69(64)48-62)71-46-56(36-37-79-71)75(7,8)9;/h19-46H,1-18H3;/q-2;. The predicted octanol–water partition coefficient (Wildman–Crippen LogP) is 20.4. The van der Waals surface area contributed by atoms with Crippen LogP contribution >= 0.6 is 0 Å². The number of benzene rings is 8. The van der Waals surface area contributed by atoms with E-state index in [0.717, 1.165) is 77.8 Å². The fraction of sp³-hybridized carbons (Fsp3) is 0.308. The van der Waals surface area contributed by atoms with Gasteiger partial charge in [0.05, 0.1) is 16.7 Å². The molecular formula is C78H82N4OPt-2. The molecule has 0 N–H and O–H groups in total. The van der Waals surface area contributed by atoms with Gasteiger partial charge in [0.2, 0.25) is 0 Å². The third-order valence-electron chi connectivity index (χ3n) is 16.5. The van der Waals surface area contributed by atoms with E-state index < -0.39 is 0 Å². The van der Waals surface area contributed by atoms with Gasteiger partial charge in [-0.05, 0) is 135 Å². The summed E-state index contributed by atoms with van der Waals surface area (Å²) in [6.07, 6.45) is 5.95. The topological polar surface area (TPSA) is 35.9 Å². The largest absolute Gasteiger partial charge is 0.510 e. The molecule has 0 amide bonds. The Balaban J connectivity index is 0.00000786. The van der Waals surface area contributed by atoms with Crippen LogP contribution in [-0.4, -0.2) is 14.1 Å². The third-order valence-corrected chi connectivity index (χ3v) is 16.5. The van der Waals surface area contributed by atoms with Gasteiger partial charge < -0.3 is 13.9 Å². The van der Waals surface area contributed by atoms with Crippen LogP contribution in [0.1, 0.15) is 158 Å². The normalized spacial score (nSPS) is 12.8. The van der Waals surface area contributed by atoms with Gasteiger partial charge in [0.1, 0.15) is 5.82 Å². The number of imidazole rings is 1. The Morgan fingerprint density at radius 1 is 0.405 bits per heavy atom. The molecule has 0 bridgehead atoms. The van der Waals surface area contributed by atoms with E-state index >= 15 is 0 Å². The summed E-state index contributed by atoms with van der Waals surface area (Å²) in [4.78, 5) is 4.93. The maximum atomic E-state index is 6.90. The molecular weight excluding hydrogens is 1200 g/mol. The number of para-hydroxylation sites is 1. The molecule has 6 heteroatoms. The Hall–Kier alpha value is -7.33. The van der Waals surface area contributed by atoms with Crippen molar-refractivity contribution in [2.45, 2.75) is 157 Å². The summed E-state index contributed by atoms with van der Waals surface area (Å²) in [5.74, 6) is 1.99. The second kappa shape index (κ2) is 21.6. The summed E-state index contributed by atoms with van der Waals surface area (Å²) >= 11 is 0. The molecule has 5 nitrogen and oxygen atoms in total.